The Labute approximate surface area is 190 Å². The number of benzene rings is 2. The number of hydrogen-bond acceptors (Lipinski definition) is 7. The second-order valence-electron chi connectivity index (χ2n) is 6.81. The van der Waals surface area contributed by atoms with Crippen LogP contribution in [0.2, 0.25) is 0 Å². The Balaban J connectivity index is 1.97. The molecule has 0 aromatic heterocycles. The van der Waals surface area contributed by atoms with Gasteiger partial charge in [0.25, 0.3) is 11.8 Å². The van der Waals surface area contributed by atoms with E-state index in [1.807, 2.05) is 6.07 Å². The topological polar surface area (TPSA) is 158 Å². The molecular weight excluding hydrogens is 432 g/mol. The maximum Gasteiger partial charge on any atom is 0.408 e. The van der Waals surface area contributed by atoms with Gasteiger partial charge in [-0.25, -0.2) is 4.79 Å². The van der Waals surface area contributed by atoms with Crippen LogP contribution in [0.3, 0.4) is 0 Å². The van der Waals surface area contributed by atoms with Gasteiger partial charge in [0.05, 0.1) is 14.2 Å². The van der Waals surface area contributed by atoms with Gasteiger partial charge in [0.2, 0.25) is 5.91 Å². The van der Waals surface area contributed by atoms with Gasteiger partial charge in [0.15, 0.2) is 0 Å². The van der Waals surface area contributed by atoms with Gasteiger partial charge in [-0.05, 0) is 24.1 Å². The van der Waals surface area contributed by atoms with E-state index in [-0.39, 0.29) is 25.0 Å². The van der Waals surface area contributed by atoms with Gasteiger partial charge in [-0.2, -0.15) is 0 Å². The first-order chi connectivity index (χ1) is 15.8. The molecule has 176 valence electrons. The first-order valence-corrected chi connectivity index (χ1v) is 9.91. The fraction of sp³-hybridized carbons (Fsp3) is 0.273. The molecule has 0 saturated carbocycles. The number of hydrogen-bond donors (Lipinski definition) is 4. The third-order valence-corrected chi connectivity index (χ3v) is 4.41. The number of methoxy groups -OCH3 is 2. The largest absolute Gasteiger partial charge is 0.497 e. The smallest absolute Gasteiger partial charge is 0.408 e. The van der Waals surface area contributed by atoms with Crippen molar-refractivity contribution in [2.45, 2.75) is 25.5 Å². The lowest BCUT2D eigenvalue weighted by molar-refractivity contribution is -0.124. The highest BCUT2D eigenvalue weighted by molar-refractivity contribution is 5.97. The van der Waals surface area contributed by atoms with E-state index in [0.717, 1.165) is 5.56 Å². The van der Waals surface area contributed by atoms with E-state index >= 15 is 0 Å². The predicted octanol–water partition coefficient (Wildman–Crippen LogP) is 1.03. The van der Waals surface area contributed by atoms with E-state index in [2.05, 4.69) is 16.2 Å². The van der Waals surface area contributed by atoms with Crippen molar-refractivity contribution in [3.05, 3.63) is 59.7 Å². The molecule has 11 nitrogen and oxygen atoms in total. The van der Waals surface area contributed by atoms with Crippen molar-refractivity contribution in [1.29, 1.82) is 0 Å². The number of alkyl carbamates (subject to hydrolysis) is 1. The fourth-order valence-corrected chi connectivity index (χ4v) is 2.68. The molecule has 0 radical (unpaired) electrons. The number of carbonyl (C=O) groups is 4. The number of hydrazine groups is 1. The first-order valence-electron chi connectivity index (χ1n) is 9.91. The molecule has 2 aromatic carbocycles. The van der Waals surface area contributed by atoms with Gasteiger partial charge < -0.3 is 25.3 Å². The minimum Gasteiger partial charge on any atom is -0.497 e. The molecule has 2 aromatic rings. The number of nitrogens with two attached hydrogens (primary N) is 1. The minimum absolute atomic E-state index is 0.00869. The lowest BCUT2D eigenvalue weighted by Gasteiger charge is -2.18. The second-order valence-corrected chi connectivity index (χ2v) is 6.81. The zero-order valence-electron chi connectivity index (χ0n) is 18.3. The summed E-state index contributed by atoms with van der Waals surface area (Å²) in [6.45, 7) is -0.00869. The normalized spacial score (nSPS) is 11.0. The van der Waals surface area contributed by atoms with Crippen molar-refractivity contribution in [3.63, 3.8) is 0 Å². The Bertz CT molecular complexity index is 960. The molecule has 0 aliphatic carbocycles. The maximum atomic E-state index is 12.5. The predicted molar refractivity (Wildman–Crippen MR) is 117 cm³/mol. The summed E-state index contributed by atoms with van der Waals surface area (Å²) in [5, 5.41) is 2.37. The molecule has 0 bridgehead atoms. The van der Waals surface area contributed by atoms with Gasteiger partial charge in [-0.3, -0.25) is 25.2 Å². The van der Waals surface area contributed by atoms with Crippen molar-refractivity contribution >= 4 is 23.8 Å². The number of amides is 4. The molecule has 4 amide bonds. The molecule has 0 heterocycles. The highest BCUT2D eigenvalue weighted by Gasteiger charge is 2.23. The molecule has 0 spiro atoms. The molecule has 5 N–H and O–H groups in total. The van der Waals surface area contributed by atoms with E-state index in [1.54, 1.807) is 30.3 Å². The Kier molecular flexibility index (Phi) is 9.50. The highest BCUT2D eigenvalue weighted by atomic mass is 16.5. The first kappa shape index (κ1) is 25.0. The van der Waals surface area contributed by atoms with Crippen LogP contribution < -0.4 is 31.4 Å². The molecule has 1 atom stereocenters. The van der Waals surface area contributed by atoms with Crippen LogP contribution in [-0.2, 0) is 20.9 Å². The molecule has 0 fully saturated rings. The van der Waals surface area contributed by atoms with Crippen LogP contribution in [0.4, 0.5) is 4.79 Å². The quantitative estimate of drug-likeness (QED) is 0.387. The molecule has 0 unspecified atom stereocenters. The Morgan fingerprint density at radius 3 is 2.15 bits per heavy atom. The summed E-state index contributed by atoms with van der Waals surface area (Å²) in [5.74, 6) is -1.31. The van der Waals surface area contributed by atoms with E-state index in [1.165, 1.54) is 26.4 Å². The second kappa shape index (κ2) is 12.5. The van der Waals surface area contributed by atoms with Gasteiger partial charge in [-0.15, -0.1) is 0 Å². The van der Waals surface area contributed by atoms with E-state index in [4.69, 9.17) is 19.9 Å². The number of ether oxygens (including phenoxy) is 3. The third kappa shape index (κ3) is 8.40. The summed E-state index contributed by atoms with van der Waals surface area (Å²) >= 11 is 0. The number of nitrogens with one attached hydrogen (secondary N) is 3. The monoisotopic (exact) mass is 458 g/mol. The van der Waals surface area contributed by atoms with E-state index in [0.29, 0.717) is 11.5 Å². The van der Waals surface area contributed by atoms with Gasteiger partial charge >= 0.3 is 6.09 Å². The summed E-state index contributed by atoms with van der Waals surface area (Å²) in [4.78, 5) is 48.3. The van der Waals surface area contributed by atoms with Crippen LogP contribution in [0.15, 0.2) is 48.5 Å². The molecule has 0 saturated heterocycles. The average Bonchev–Trinajstić information content (AvgIpc) is 2.83. The summed E-state index contributed by atoms with van der Waals surface area (Å²) in [6.07, 6.45) is -1.13. The van der Waals surface area contributed by atoms with E-state index in [9.17, 15) is 19.2 Å². The summed E-state index contributed by atoms with van der Waals surface area (Å²) < 4.78 is 15.3. The van der Waals surface area contributed by atoms with Crippen LogP contribution in [0.1, 0.15) is 28.8 Å². The molecule has 2 rings (SSSR count). The van der Waals surface area contributed by atoms with Crippen molar-refractivity contribution in [2.24, 2.45) is 5.73 Å². The van der Waals surface area contributed by atoms with Gasteiger partial charge in [0, 0.05) is 18.1 Å². The lowest BCUT2D eigenvalue weighted by atomic mass is 10.1. The molecule has 0 aliphatic heterocycles. The highest BCUT2D eigenvalue weighted by Crippen LogP contribution is 2.22. The lowest BCUT2D eigenvalue weighted by Crippen LogP contribution is -2.52. The van der Waals surface area contributed by atoms with Crippen LogP contribution in [0, 0.1) is 0 Å². The Morgan fingerprint density at radius 2 is 1.58 bits per heavy atom. The van der Waals surface area contributed by atoms with Crippen LogP contribution in [0.25, 0.3) is 0 Å². The van der Waals surface area contributed by atoms with E-state index < -0.39 is 29.9 Å². The summed E-state index contributed by atoms with van der Waals surface area (Å²) in [7, 11) is 2.87. The number of rotatable bonds is 10. The average molecular weight is 458 g/mol. The summed E-state index contributed by atoms with van der Waals surface area (Å²) in [6, 6.07) is 12.3. The maximum absolute atomic E-state index is 12.5. The standard InChI is InChI=1S/C22H26N4O7/c1-31-16-10-15(11-17(12-16)32-2)20(28)25-26-21(29)18(8-9-19(23)27)24-22(30)33-13-14-6-4-3-5-7-14/h3-7,10-12,18H,8-9,13H2,1-2H3,(H2,23,27)(H,24,30)(H,25,28)(H,26,29)/t18-/m0/s1. The molecular formula is C22H26N4O7. The van der Waals surface area contributed by atoms with Crippen LogP contribution in [-0.4, -0.2) is 44.1 Å². The molecule has 0 aliphatic rings. The zero-order valence-corrected chi connectivity index (χ0v) is 18.3. The summed E-state index contributed by atoms with van der Waals surface area (Å²) in [5.41, 5.74) is 10.5. The van der Waals surface area contributed by atoms with Gasteiger partial charge in [0.1, 0.15) is 24.1 Å². The van der Waals surface area contributed by atoms with Gasteiger partial charge in [-0.1, -0.05) is 30.3 Å². The van der Waals surface area contributed by atoms with Crippen LogP contribution in [0.5, 0.6) is 11.5 Å². The molecule has 11 heteroatoms. The van der Waals surface area contributed by atoms with Crippen molar-refractivity contribution < 1.29 is 33.4 Å². The minimum atomic E-state index is -1.18. The van der Waals surface area contributed by atoms with Crippen LogP contribution >= 0.6 is 0 Å². The number of primary amides is 1. The van der Waals surface area contributed by atoms with Crippen molar-refractivity contribution in [1.82, 2.24) is 16.2 Å². The SMILES string of the molecule is COc1cc(OC)cc(C(=O)NNC(=O)[C@H](CCC(N)=O)NC(=O)OCc2ccccc2)c1. The Hall–Kier alpha value is -4.28. The Morgan fingerprint density at radius 1 is 0.939 bits per heavy atom. The van der Waals surface area contributed by atoms with Crippen molar-refractivity contribution in [3.8, 4) is 11.5 Å². The third-order valence-electron chi connectivity index (χ3n) is 4.41. The molecule has 33 heavy (non-hydrogen) atoms. The fourth-order valence-electron chi connectivity index (χ4n) is 2.68. The zero-order chi connectivity index (χ0) is 24.2. The number of carbonyl (C=O) groups excluding carboxylic acids is 4. The van der Waals surface area contributed by atoms with Crippen molar-refractivity contribution in [2.75, 3.05) is 14.2 Å².